The van der Waals surface area contributed by atoms with Crippen molar-refractivity contribution >= 4 is 44.7 Å². The van der Waals surface area contributed by atoms with Gasteiger partial charge in [0.1, 0.15) is 41.1 Å². The molecule has 3 N–H and O–H groups in total. The van der Waals surface area contributed by atoms with Gasteiger partial charge in [0.2, 0.25) is 21.8 Å². The molecule has 4 amide bonds. The number of nitrogens with one attached hydrogen (secondary N) is 3. The summed E-state index contributed by atoms with van der Waals surface area (Å²) in [5, 5.41) is 5.39. The molecule has 3 heterocycles. The summed E-state index contributed by atoms with van der Waals surface area (Å²) in [6.07, 6.45) is 11.6. The Morgan fingerprint density at radius 3 is 2.52 bits per heavy atom. The second-order valence-corrected chi connectivity index (χ2v) is 18.6. The van der Waals surface area contributed by atoms with Crippen LogP contribution in [-0.4, -0.2) is 95.4 Å². The van der Waals surface area contributed by atoms with Gasteiger partial charge in [-0.25, -0.2) is 13.2 Å². The molecule has 58 heavy (non-hydrogen) atoms. The molecule has 8 rings (SSSR count). The summed E-state index contributed by atoms with van der Waals surface area (Å²) in [5.74, 6) is -2.31. The molecule has 1 saturated heterocycles. The highest BCUT2D eigenvalue weighted by atomic mass is 32.2. The molecule has 2 aromatic rings. The minimum absolute atomic E-state index is 0.0221. The van der Waals surface area contributed by atoms with E-state index >= 15 is 0 Å². The van der Waals surface area contributed by atoms with Crippen molar-refractivity contribution in [3.05, 3.63) is 53.4 Å². The fraction of sp³-hybridized carbons (Fsp3) is 0.610. The molecule has 0 radical (unpaired) electrons. The molecule has 2 aliphatic heterocycles. The zero-order chi connectivity index (χ0) is 40.8. The van der Waals surface area contributed by atoms with Gasteiger partial charge >= 0.3 is 12.1 Å². The number of alkyl carbamates (subject to hydrolysis) is 1. The van der Waals surface area contributed by atoms with E-state index in [0.717, 1.165) is 32.1 Å². The first-order valence-corrected chi connectivity index (χ1v) is 22.1. The second-order valence-electron chi connectivity index (χ2n) is 16.7. The average Bonchev–Trinajstić information content (AvgIpc) is 3.99. The fourth-order valence-corrected chi connectivity index (χ4v) is 10.8. The summed E-state index contributed by atoms with van der Waals surface area (Å²) in [4.78, 5) is 76.9. The third-order valence-corrected chi connectivity index (χ3v) is 14.7. The van der Waals surface area contributed by atoms with Gasteiger partial charge in [0, 0.05) is 18.9 Å². The fourth-order valence-electron chi connectivity index (χ4n) is 9.40. The first kappa shape index (κ1) is 39.9. The summed E-state index contributed by atoms with van der Waals surface area (Å²) in [7, 11) is -2.45. The summed E-state index contributed by atoms with van der Waals surface area (Å²) >= 11 is 0. The third kappa shape index (κ3) is 7.81. The Bertz CT molecular complexity index is 2180. The van der Waals surface area contributed by atoms with Crippen molar-refractivity contribution in [3.8, 4) is 11.8 Å². The predicted octanol–water partition coefficient (Wildman–Crippen LogP) is 3.23. The molecule has 1 aromatic carbocycles. The Labute approximate surface area is 337 Å². The van der Waals surface area contributed by atoms with E-state index in [9.17, 15) is 32.4 Å². The number of hydrogen-bond acceptors (Lipinski definition) is 11. The number of allylic oxidation sites excluding steroid dienone is 2. The molecule has 5 fully saturated rings. The Balaban J connectivity index is 1.16. The number of nitrogens with zero attached hydrogens (tertiary/aromatic N) is 3. The first-order valence-electron chi connectivity index (χ1n) is 20.6. The van der Waals surface area contributed by atoms with E-state index in [0.29, 0.717) is 55.2 Å². The number of amides is 4. The van der Waals surface area contributed by atoms with Crippen molar-refractivity contribution in [1.29, 1.82) is 0 Å². The van der Waals surface area contributed by atoms with Crippen molar-refractivity contribution < 1.29 is 41.8 Å². The molecular weight excluding hydrogens is 769 g/mol. The van der Waals surface area contributed by atoms with Crippen LogP contribution in [0, 0.1) is 17.8 Å². The van der Waals surface area contributed by atoms with Gasteiger partial charge < -0.3 is 29.7 Å². The van der Waals surface area contributed by atoms with Crippen LogP contribution in [0.15, 0.2) is 47.8 Å². The van der Waals surface area contributed by atoms with Crippen molar-refractivity contribution in [3.63, 3.8) is 0 Å². The van der Waals surface area contributed by atoms with Gasteiger partial charge in [-0.05, 0) is 88.2 Å². The smallest absolute Gasteiger partial charge is 0.408 e. The number of para-hydroxylation sites is 1. The SMILES string of the molecule is C=C[C@@H]1C[C@]1(NC(=O)[C@@H]1C[C@@H]2CN1C(=O)[C@H](C1CCCC1)NC(=O)O[C@@H]1CCC[C@H]1CC/C=C/Cn1c(nc3c(OC)cccc3c1=O)O2)C(=O)NS(=O)(=O)C1CC1. The molecule has 4 saturated carbocycles. The van der Waals surface area contributed by atoms with Gasteiger partial charge in [0.15, 0.2) is 0 Å². The summed E-state index contributed by atoms with van der Waals surface area (Å²) in [6, 6.07) is 2.84. The van der Waals surface area contributed by atoms with Crippen molar-refractivity contribution in [2.24, 2.45) is 17.8 Å². The lowest BCUT2D eigenvalue weighted by molar-refractivity contribution is -0.142. The second kappa shape index (κ2) is 16.0. The molecule has 4 aliphatic carbocycles. The maximum atomic E-state index is 14.9. The molecule has 6 aliphatic rings. The molecule has 16 nitrogen and oxygen atoms in total. The van der Waals surface area contributed by atoms with Gasteiger partial charge in [-0.2, -0.15) is 4.98 Å². The lowest BCUT2D eigenvalue weighted by Crippen LogP contribution is -2.59. The molecule has 7 atom stereocenters. The summed E-state index contributed by atoms with van der Waals surface area (Å²) < 4.78 is 47.3. The average molecular weight is 821 g/mol. The quantitative estimate of drug-likeness (QED) is 0.330. The zero-order valence-electron chi connectivity index (χ0n) is 32.7. The maximum Gasteiger partial charge on any atom is 0.408 e. The summed E-state index contributed by atoms with van der Waals surface area (Å²) in [6.45, 7) is 3.82. The van der Waals surface area contributed by atoms with Gasteiger partial charge in [-0.1, -0.05) is 37.1 Å². The minimum atomic E-state index is -3.93. The number of carbonyl (C=O) groups is 4. The molecular formula is C41H52N6O10S. The van der Waals surface area contributed by atoms with Crippen molar-refractivity contribution in [1.82, 2.24) is 29.8 Å². The molecule has 0 unspecified atom stereocenters. The van der Waals surface area contributed by atoms with Crippen LogP contribution in [0.2, 0.25) is 0 Å². The van der Waals surface area contributed by atoms with Crippen LogP contribution in [0.1, 0.15) is 83.5 Å². The summed E-state index contributed by atoms with van der Waals surface area (Å²) in [5.41, 5.74) is -1.65. The number of sulfonamides is 1. The monoisotopic (exact) mass is 820 g/mol. The standard InChI is InChI=1S/C41H52N6O10S/c1-3-26-22-41(26,38(51)45-58(53,54)28-18-19-28)44-35(48)30-21-27-23-47(30)37(50)33(25-12-6-7-13-25)43-40(52)57-31-16-9-14-24(31)11-5-4-8-20-46-36(49)29-15-10-17-32(55-2)34(29)42-39(46)56-27/h3-4,8,10,15,17,24-28,30-31,33H,1,5-7,9,11-14,16,18-23H2,2H3,(H,43,52)(H,44,48)(H,45,51)/b8-4+/t24-,26-,27-,30+,31-,33+,41-/m1/s1. The molecule has 312 valence electrons. The highest BCUT2D eigenvalue weighted by molar-refractivity contribution is 7.91. The van der Waals surface area contributed by atoms with E-state index in [1.54, 1.807) is 18.2 Å². The number of benzene rings is 1. The van der Waals surface area contributed by atoms with Gasteiger partial charge in [0.05, 0.1) is 24.3 Å². The van der Waals surface area contributed by atoms with E-state index in [-0.39, 0.29) is 55.4 Å². The molecule has 0 spiro atoms. The lowest BCUT2D eigenvalue weighted by atomic mass is 9.96. The van der Waals surface area contributed by atoms with E-state index in [2.05, 4.69) is 21.9 Å². The van der Waals surface area contributed by atoms with E-state index in [1.165, 1.54) is 22.7 Å². The van der Waals surface area contributed by atoms with Crippen LogP contribution < -0.4 is 30.4 Å². The largest absolute Gasteiger partial charge is 0.494 e. The minimum Gasteiger partial charge on any atom is -0.494 e. The van der Waals surface area contributed by atoms with Gasteiger partial charge in [-0.15, -0.1) is 6.58 Å². The van der Waals surface area contributed by atoms with Crippen LogP contribution in [0.5, 0.6) is 11.8 Å². The normalized spacial score (nSPS) is 31.1. The zero-order valence-corrected chi connectivity index (χ0v) is 33.5. The van der Waals surface area contributed by atoms with Crippen molar-refractivity contribution in [2.45, 2.75) is 125 Å². The number of aromatic nitrogens is 2. The van der Waals surface area contributed by atoms with Crippen LogP contribution in [0.3, 0.4) is 0 Å². The van der Waals surface area contributed by atoms with E-state index in [1.807, 2.05) is 12.2 Å². The third-order valence-electron chi connectivity index (χ3n) is 12.9. The Morgan fingerprint density at radius 2 is 1.79 bits per heavy atom. The van der Waals surface area contributed by atoms with Crippen LogP contribution >= 0.6 is 0 Å². The Morgan fingerprint density at radius 1 is 1.02 bits per heavy atom. The Hall–Kier alpha value is -4.93. The maximum absolute atomic E-state index is 14.9. The lowest BCUT2D eigenvalue weighted by Gasteiger charge is -2.32. The molecule has 2 bridgehead atoms. The van der Waals surface area contributed by atoms with Crippen molar-refractivity contribution in [2.75, 3.05) is 13.7 Å². The number of carbonyl (C=O) groups excluding carboxylic acids is 4. The predicted molar refractivity (Wildman–Crippen MR) is 211 cm³/mol. The van der Waals surface area contributed by atoms with Gasteiger partial charge in [-0.3, -0.25) is 28.5 Å². The van der Waals surface area contributed by atoms with Gasteiger partial charge in [0.25, 0.3) is 11.5 Å². The number of rotatable bonds is 8. The topological polar surface area (TPSA) is 204 Å². The van der Waals surface area contributed by atoms with Crippen LogP contribution in [0.4, 0.5) is 4.79 Å². The molecule has 1 aromatic heterocycles. The first-order chi connectivity index (χ1) is 27.9. The van der Waals surface area contributed by atoms with Crippen LogP contribution in [-0.2, 0) is 35.7 Å². The van der Waals surface area contributed by atoms with E-state index in [4.69, 9.17) is 19.2 Å². The Kier molecular flexibility index (Phi) is 11.0. The van der Waals surface area contributed by atoms with E-state index < -0.39 is 68.7 Å². The number of methoxy groups -OCH3 is 1. The molecule has 17 heteroatoms. The highest BCUT2D eigenvalue weighted by Gasteiger charge is 2.62. The van der Waals surface area contributed by atoms with Crippen LogP contribution in [0.25, 0.3) is 10.9 Å². The highest BCUT2D eigenvalue weighted by Crippen LogP contribution is 2.46. The number of ether oxygens (including phenoxy) is 3. The number of hydrogen-bond donors (Lipinski definition) is 3. The number of fused-ring (bicyclic) bond motifs is 5.